The second kappa shape index (κ2) is 4.00. The Morgan fingerprint density at radius 2 is 1.80 bits per heavy atom. The summed E-state index contributed by atoms with van der Waals surface area (Å²) >= 11 is 1.79. The Balaban J connectivity index is 2.80. The highest BCUT2D eigenvalue weighted by atomic mass is 32.2. The normalized spacial score (nSPS) is 11.0. The van der Waals surface area contributed by atoms with Gasteiger partial charge in [0.1, 0.15) is 0 Å². The molecule has 0 aliphatic carbocycles. The maximum atomic E-state index is 2.20. The summed E-state index contributed by atoms with van der Waals surface area (Å²) in [5.74, 6) is 0. The lowest BCUT2D eigenvalue weighted by molar-refractivity contribution is 1.49. The molecule has 0 nitrogen and oxygen atoms in total. The van der Waals surface area contributed by atoms with E-state index in [1.165, 1.54) is 10.2 Å². The summed E-state index contributed by atoms with van der Waals surface area (Å²) in [7, 11) is 0.919. The lowest BCUT2D eigenvalue weighted by atomic mass is 10.4. The Kier molecular flexibility index (Phi) is 3.24. The molecule has 0 heterocycles. The average molecular weight is 170 g/mol. The van der Waals surface area contributed by atoms with Crippen molar-refractivity contribution in [3.05, 3.63) is 24.3 Å². The molecule has 0 bridgehead atoms. The van der Waals surface area contributed by atoms with Crippen LogP contribution in [0, 0.1) is 0 Å². The van der Waals surface area contributed by atoms with Crippen molar-refractivity contribution in [1.29, 1.82) is 0 Å². The van der Waals surface area contributed by atoms with E-state index >= 15 is 0 Å². The summed E-state index contributed by atoms with van der Waals surface area (Å²) in [4.78, 5) is 1.35. The fraction of sp³-hybridized carbons (Fsp3) is 0.250. The molecule has 1 unspecified atom stereocenters. The minimum Gasteiger partial charge on any atom is -0.130 e. The molecule has 1 atom stereocenters. The molecule has 0 saturated heterocycles. The van der Waals surface area contributed by atoms with Crippen molar-refractivity contribution in [2.24, 2.45) is 0 Å². The van der Waals surface area contributed by atoms with Crippen molar-refractivity contribution in [1.82, 2.24) is 0 Å². The van der Waals surface area contributed by atoms with Gasteiger partial charge in [-0.2, -0.15) is 0 Å². The van der Waals surface area contributed by atoms with Crippen molar-refractivity contribution in [3.8, 4) is 0 Å². The number of thioether (sulfide) groups is 1. The van der Waals surface area contributed by atoms with Gasteiger partial charge in [0.15, 0.2) is 0 Å². The zero-order valence-corrected chi connectivity index (χ0v) is 8.03. The summed E-state index contributed by atoms with van der Waals surface area (Å²) in [5.41, 5.74) is 0. The van der Waals surface area contributed by atoms with Crippen molar-refractivity contribution in [3.63, 3.8) is 0 Å². The van der Waals surface area contributed by atoms with Crippen LogP contribution in [0.15, 0.2) is 29.2 Å². The van der Waals surface area contributed by atoms with Gasteiger partial charge in [-0.05, 0) is 30.4 Å². The van der Waals surface area contributed by atoms with Crippen molar-refractivity contribution >= 4 is 25.6 Å². The summed E-state index contributed by atoms with van der Waals surface area (Å²) < 4.78 is 0. The quantitative estimate of drug-likeness (QED) is 0.485. The highest BCUT2D eigenvalue weighted by molar-refractivity contribution is 7.98. The number of rotatable bonds is 2. The van der Waals surface area contributed by atoms with Gasteiger partial charge in [0.2, 0.25) is 0 Å². The molecule has 0 fully saturated rings. The van der Waals surface area contributed by atoms with Crippen LogP contribution in [0.4, 0.5) is 0 Å². The van der Waals surface area contributed by atoms with Gasteiger partial charge in [0.05, 0.1) is 0 Å². The monoisotopic (exact) mass is 170 g/mol. The first-order valence-corrected chi connectivity index (χ1v) is 5.91. The van der Waals surface area contributed by atoms with Crippen LogP contribution in [0.3, 0.4) is 0 Å². The molecule has 0 amide bonds. The van der Waals surface area contributed by atoms with Crippen LogP contribution in [0.1, 0.15) is 0 Å². The van der Waals surface area contributed by atoms with E-state index in [4.69, 9.17) is 0 Å². The smallest absolute Gasteiger partial charge is 0.00695 e. The van der Waals surface area contributed by atoms with Gasteiger partial charge < -0.3 is 0 Å². The molecule has 1 aromatic carbocycles. The summed E-state index contributed by atoms with van der Waals surface area (Å²) in [5, 5.41) is 1.44. The molecule has 2 heteroatoms. The number of hydrogen-bond donors (Lipinski definition) is 0. The second-order valence-corrected chi connectivity index (χ2v) is 3.94. The van der Waals surface area contributed by atoms with E-state index in [0.29, 0.717) is 0 Å². The van der Waals surface area contributed by atoms with E-state index in [1.807, 2.05) is 0 Å². The molecule has 0 aromatic heterocycles. The van der Waals surface area contributed by atoms with E-state index in [9.17, 15) is 0 Å². The molecule has 0 N–H and O–H groups in total. The highest BCUT2D eigenvalue weighted by Crippen LogP contribution is 2.13. The zero-order valence-electron chi connectivity index (χ0n) is 6.22. The second-order valence-electron chi connectivity index (χ2n) is 1.98. The fourth-order valence-electron chi connectivity index (χ4n) is 0.758. The molecule has 0 saturated carbocycles. The van der Waals surface area contributed by atoms with E-state index in [-0.39, 0.29) is 0 Å². The summed E-state index contributed by atoms with van der Waals surface area (Å²) in [6.07, 6.45) is 2.10. The first-order valence-electron chi connectivity index (χ1n) is 3.18. The van der Waals surface area contributed by atoms with Crippen molar-refractivity contribution < 1.29 is 0 Å². The topological polar surface area (TPSA) is 0 Å². The Morgan fingerprint density at radius 1 is 1.20 bits per heavy atom. The predicted octanol–water partition coefficient (Wildman–Crippen LogP) is 2.34. The molecular weight excluding hydrogens is 159 g/mol. The van der Waals surface area contributed by atoms with Crippen LogP contribution in [-0.2, 0) is 0 Å². The van der Waals surface area contributed by atoms with Crippen LogP contribution < -0.4 is 5.30 Å². The van der Waals surface area contributed by atoms with Crippen molar-refractivity contribution in [2.75, 3.05) is 12.9 Å². The molecule has 1 aromatic rings. The Morgan fingerprint density at radius 3 is 2.20 bits per heavy atom. The van der Waals surface area contributed by atoms with Gasteiger partial charge in [-0.1, -0.05) is 20.7 Å². The first-order chi connectivity index (χ1) is 4.86. The number of hydrogen-bond acceptors (Lipinski definition) is 1. The third kappa shape index (κ3) is 2.00. The van der Waals surface area contributed by atoms with Crippen LogP contribution in [0.25, 0.3) is 0 Å². The molecule has 0 aliphatic rings. The lowest BCUT2D eigenvalue weighted by Crippen LogP contribution is -1.89. The van der Waals surface area contributed by atoms with Crippen LogP contribution in [-0.4, -0.2) is 12.9 Å². The summed E-state index contributed by atoms with van der Waals surface area (Å²) in [6, 6.07) is 8.75. The molecule has 0 spiro atoms. The van der Waals surface area contributed by atoms with E-state index < -0.39 is 0 Å². The van der Waals surface area contributed by atoms with Gasteiger partial charge in [-0.15, -0.1) is 11.8 Å². The Bertz CT molecular complexity index is 170. The SMILES string of the molecule is CPc1ccc(SC)cc1. The average Bonchev–Trinajstić information content (AvgIpc) is 2.05. The van der Waals surface area contributed by atoms with Gasteiger partial charge in [-0.25, -0.2) is 0 Å². The molecule has 1 rings (SSSR count). The minimum absolute atomic E-state index is 0.919. The Hall–Kier alpha value is -0.0000000000000000555. The van der Waals surface area contributed by atoms with Crippen LogP contribution in [0.5, 0.6) is 0 Å². The minimum atomic E-state index is 0.919. The van der Waals surface area contributed by atoms with E-state index in [1.54, 1.807) is 11.8 Å². The third-order valence-electron chi connectivity index (χ3n) is 1.38. The van der Waals surface area contributed by atoms with E-state index in [2.05, 4.69) is 37.2 Å². The van der Waals surface area contributed by atoms with Gasteiger partial charge in [-0.3, -0.25) is 0 Å². The van der Waals surface area contributed by atoms with Gasteiger partial charge in [0, 0.05) is 4.90 Å². The molecule has 54 valence electrons. The standard InChI is InChI=1S/C8H11PS/c1-9-7-3-5-8(10-2)6-4-7/h3-6,9H,1-2H3. The zero-order chi connectivity index (χ0) is 7.40. The predicted molar refractivity (Wildman–Crippen MR) is 52.1 cm³/mol. The summed E-state index contributed by atoms with van der Waals surface area (Å²) in [6.45, 7) is 2.20. The fourth-order valence-corrected chi connectivity index (χ4v) is 1.67. The van der Waals surface area contributed by atoms with Crippen LogP contribution >= 0.6 is 20.3 Å². The van der Waals surface area contributed by atoms with Crippen molar-refractivity contribution in [2.45, 2.75) is 4.90 Å². The lowest BCUT2D eigenvalue weighted by Gasteiger charge is -1.97. The first kappa shape index (κ1) is 8.10. The molecule has 10 heavy (non-hydrogen) atoms. The Labute approximate surface area is 68.2 Å². The molecular formula is C8H11PS. The maximum Gasteiger partial charge on any atom is 0.00695 e. The van der Waals surface area contributed by atoms with Gasteiger partial charge >= 0.3 is 0 Å². The highest BCUT2D eigenvalue weighted by Gasteiger charge is 1.88. The van der Waals surface area contributed by atoms with Crippen LogP contribution in [0.2, 0.25) is 0 Å². The number of benzene rings is 1. The van der Waals surface area contributed by atoms with E-state index in [0.717, 1.165) is 8.58 Å². The third-order valence-corrected chi connectivity index (χ3v) is 3.03. The molecule has 0 radical (unpaired) electrons. The largest absolute Gasteiger partial charge is 0.130 e. The molecule has 0 aliphatic heterocycles. The van der Waals surface area contributed by atoms with Gasteiger partial charge in [0.25, 0.3) is 0 Å². The maximum absolute atomic E-state index is 2.20.